The van der Waals surface area contributed by atoms with Crippen LogP contribution < -0.4 is 0 Å². The van der Waals surface area contributed by atoms with Crippen molar-refractivity contribution in [3.63, 3.8) is 0 Å². The van der Waals surface area contributed by atoms with Crippen LogP contribution in [0.4, 0.5) is 0 Å². The molecule has 0 radical (unpaired) electrons. The third-order valence-corrected chi connectivity index (χ3v) is 3.31. The fraction of sp³-hybridized carbons (Fsp3) is 1.00. The van der Waals surface area contributed by atoms with Gasteiger partial charge < -0.3 is 4.90 Å². The quantitative estimate of drug-likeness (QED) is 0.629. The van der Waals surface area contributed by atoms with Crippen molar-refractivity contribution in [2.75, 3.05) is 20.1 Å². The summed E-state index contributed by atoms with van der Waals surface area (Å²) in [6.45, 7) is 16.4. The second kappa shape index (κ2) is 5.16. The van der Waals surface area contributed by atoms with Crippen LogP contribution in [0, 0.1) is 10.8 Å². The van der Waals surface area contributed by atoms with Gasteiger partial charge in [0.2, 0.25) is 0 Å². The lowest BCUT2D eigenvalue weighted by Crippen LogP contribution is -2.37. The maximum Gasteiger partial charge on any atom is 0.00298 e. The molecule has 0 spiro atoms. The predicted molar refractivity (Wildman–Crippen MR) is 65.6 cm³/mol. The van der Waals surface area contributed by atoms with Crippen LogP contribution in [0.5, 0.6) is 0 Å². The van der Waals surface area contributed by atoms with E-state index in [1.165, 1.54) is 25.9 Å². The zero-order valence-corrected chi connectivity index (χ0v) is 11.3. The van der Waals surface area contributed by atoms with Gasteiger partial charge in [-0.1, -0.05) is 41.5 Å². The van der Waals surface area contributed by atoms with Crippen LogP contribution in [0.15, 0.2) is 0 Å². The van der Waals surface area contributed by atoms with E-state index in [0.29, 0.717) is 10.8 Å². The van der Waals surface area contributed by atoms with Crippen LogP contribution in [-0.2, 0) is 0 Å². The molecule has 0 atom stereocenters. The van der Waals surface area contributed by atoms with E-state index in [1.54, 1.807) is 0 Å². The van der Waals surface area contributed by atoms with Gasteiger partial charge in [-0.3, -0.25) is 0 Å². The van der Waals surface area contributed by atoms with Crippen LogP contribution >= 0.6 is 0 Å². The molecule has 0 bridgehead atoms. The molecule has 0 saturated carbocycles. The molecule has 0 aromatic rings. The van der Waals surface area contributed by atoms with Crippen molar-refractivity contribution in [1.82, 2.24) is 4.90 Å². The Hall–Kier alpha value is -0.0400. The Morgan fingerprint density at radius 2 is 1.07 bits per heavy atom. The van der Waals surface area contributed by atoms with Crippen molar-refractivity contribution >= 4 is 0 Å². The van der Waals surface area contributed by atoms with Crippen LogP contribution in [-0.4, -0.2) is 25.0 Å². The highest BCUT2D eigenvalue weighted by molar-refractivity contribution is 4.75. The van der Waals surface area contributed by atoms with Gasteiger partial charge in [0.05, 0.1) is 0 Å². The molecule has 0 aromatic carbocycles. The molecule has 86 valence electrons. The van der Waals surface area contributed by atoms with Crippen molar-refractivity contribution in [1.29, 1.82) is 0 Å². The average Bonchev–Trinajstić information content (AvgIpc) is 2.02. The Morgan fingerprint density at radius 3 is 1.29 bits per heavy atom. The molecule has 0 aliphatic rings. The lowest BCUT2D eigenvalue weighted by molar-refractivity contribution is 0.146. The SMILES string of the molecule is CCC(C)(C)CN(C)CC(C)(C)CC. The Balaban J connectivity index is 4.04. The van der Waals surface area contributed by atoms with Gasteiger partial charge in [-0.25, -0.2) is 0 Å². The van der Waals surface area contributed by atoms with Crippen LogP contribution in [0.25, 0.3) is 0 Å². The summed E-state index contributed by atoms with van der Waals surface area (Å²) in [7, 11) is 2.24. The normalized spacial score (nSPS) is 13.7. The van der Waals surface area contributed by atoms with Crippen molar-refractivity contribution in [3.8, 4) is 0 Å². The molecule has 0 aliphatic carbocycles. The predicted octanol–water partition coefficient (Wildman–Crippen LogP) is 3.79. The summed E-state index contributed by atoms with van der Waals surface area (Å²) in [6, 6.07) is 0. The number of hydrogen-bond acceptors (Lipinski definition) is 1. The molecule has 14 heavy (non-hydrogen) atoms. The smallest absolute Gasteiger partial charge is 0.00298 e. The Bertz CT molecular complexity index is 141. The molecular weight excluding hydrogens is 170 g/mol. The summed E-state index contributed by atoms with van der Waals surface area (Å²) in [6.07, 6.45) is 2.51. The third kappa shape index (κ3) is 5.64. The van der Waals surface area contributed by atoms with E-state index in [1.807, 2.05) is 0 Å². The van der Waals surface area contributed by atoms with E-state index in [2.05, 4.69) is 53.5 Å². The Labute approximate surface area is 90.9 Å². The molecule has 0 heterocycles. The molecule has 0 fully saturated rings. The highest BCUT2D eigenvalue weighted by atomic mass is 15.1. The molecule has 0 aromatic heterocycles. The number of hydrogen-bond donors (Lipinski definition) is 0. The second-order valence-corrected chi connectivity index (χ2v) is 6.21. The molecule has 0 rings (SSSR count). The van der Waals surface area contributed by atoms with Crippen molar-refractivity contribution in [2.24, 2.45) is 10.8 Å². The summed E-state index contributed by atoms with van der Waals surface area (Å²) in [4.78, 5) is 2.48. The highest BCUT2D eigenvalue weighted by Crippen LogP contribution is 2.25. The van der Waals surface area contributed by atoms with Crippen molar-refractivity contribution in [2.45, 2.75) is 54.4 Å². The zero-order valence-electron chi connectivity index (χ0n) is 11.3. The Kier molecular flexibility index (Phi) is 5.14. The van der Waals surface area contributed by atoms with E-state index >= 15 is 0 Å². The number of nitrogens with zero attached hydrogens (tertiary/aromatic N) is 1. The van der Waals surface area contributed by atoms with E-state index in [-0.39, 0.29) is 0 Å². The minimum Gasteiger partial charge on any atom is -0.305 e. The van der Waals surface area contributed by atoms with Gasteiger partial charge in [-0.15, -0.1) is 0 Å². The minimum atomic E-state index is 0.457. The van der Waals surface area contributed by atoms with E-state index in [0.717, 1.165) is 0 Å². The minimum absolute atomic E-state index is 0.457. The first-order valence-electron chi connectivity index (χ1n) is 5.91. The van der Waals surface area contributed by atoms with Crippen molar-refractivity contribution in [3.05, 3.63) is 0 Å². The monoisotopic (exact) mass is 199 g/mol. The summed E-state index contributed by atoms with van der Waals surface area (Å²) in [5.41, 5.74) is 0.914. The van der Waals surface area contributed by atoms with E-state index in [4.69, 9.17) is 0 Å². The maximum absolute atomic E-state index is 2.48. The maximum atomic E-state index is 2.48. The van der Waals surface area contributed by atoms with Gasteiger partial charge in [-0.05, 0) is 30.7 Å². The van der Waals surface area contributed by atoms with Gasteiger partial charge in [0.25, 0.3) is 0 Å². The lowest BCUT2D eigenvalue weighted by Gasteiger charge is -2.34. The first-order valence-corrected chi connectivity index (χ1v) is 5.91. The zero-order chi connectivity index (χ0) is 11.4. The molecule has 0 aliphatic heterocycles. The Morgan fingerprint density at radius 1 is 0.786 bits per heavy atom. The average molecular weight is 199 g/mol. The lowest BCUT2D eigenvalue weighted by atomic mass is 9.86. The number of rotatable bonds is 6. The molecule has 0 saturated heterocycles. The first-order chi connectivity index (χ1) is 6.22. The molecule has 1 nitrogen and oxygen atoms in total. The highest BCUT2D eigenvalue weighted by Gasteiger charge is 2.22. The van der Waals surface area contributed by atoms with Gasteiger partial charge in [0.1, 0.15) is 0 Å². The van der Waals surface area contributed by atoms with Gasteiger partial charge in [-0.2, -0.15) is 0 Å². The first kappa shape index (κ1) is 14.0. The summed E-state index contributed by atoms with van der Waals surface area (Å²) < 4.78 is 0. The summed E-state index contributed by atoms with van der Waals surface area (Å²) in [5.74, 6) is 0. The molecule has 1 heteroatoms. The van der Waals surface area contributed by atoms with Crippen LogP contribution in [0.3, 0.4) is 0 Å². The third-order valence-electron chi connectivity index (χ3n) is 3.31. The molecule has 0 amide bonds. The largest absolute Gasteiger partial charge is 0.305 e. The van der Waals surface area contributed by atoms with Gasteiger partial charge in [0, 0.05) is 13.1 Å². The standard InChI is InChI=1S/C13H29N/c1-8-12(3,4)10-14(7)11-13(5,6)9-2/h8-11H2,1-7H3. The topological polar surface area (TPSA) is 3.24 Å². The van der Waals surface area contributed by atoms with Gasteiger partial charge in [0.15, 0.2) is 0 Å². The van der Waals surface area contributed by atoms with Crippen LogP contribution in [0.1, 0.15) is 54.4 Å². The fourth-order valence-corrected chi connectivity index (χ4v) is 1.74. The molecule has 0 unspecified atom stereocenters. The van der Waals surface area contributed by atoms with E-state index in [9.17, 15) is 0 Å². The van der Waals surface area contributed by atoms with Crippen molar-refractivity contribution < 1.29 is 0 Å². The van der Waals surface area contributed by atoms with Gasteiger partial charge >= 0.3 is 0 Å². The molecular formula is C13H29N. The molecule has 0 N–H and O–H groups in total. The second-order valence-electron chi connectivity index (χ2n) is 6.21. The van der Waals surface area contributed by atoms with E-state index < -0.39 is 0 Å². The summed E-state index contributed by atoms with van der Waals surface area (Å²) >= 11 is 0. The fourth-order valence-electron chi connectivity index (χ4n) is 1.74. The van der Waals surface area contributed by atoms with Crippen LogP contribution in [0.2, 0.25) is 0 Å². The summed E-state index contributed by atoms with van der Waals surface area (Å²) in [5, 5.41) is 0.